The highest BCUT2D eigenvalue weighted by Gasteiger charge is 2.38. The molecule has 2 rings (SSSR count). The van der Waals surface area contributed by atoms with Crippen LogP contribution >= 0.6 is 11.3 Å². The van der Waals surface area contributed by atoms with Gasteiger partial charge in [0.25, 0.3) is 0 Å². The minimum atomic E-state index is -0.831. The summed E-state index contributed by atoms with van der Waals surface area (Å²) in [6.07, 6.45) is 2.20. The van der Waals surface area contributed by atoms with Crippen LogP contribution in [0.2, 0.25) is 0 Å². The molecule has 0 saturated heterocycles. The fourth-order valence-electron chi connectivity index (χ4n) is 2.17. The molecule has 0 aromatic carbocycles. The van der Waals surface area contributed by atoms with E-state index in [0.29, 0.717) is 17.7 Å². The van der Waals surface area contributed by atoms with E-state index < -0.39 is 11.9 Å². The Morgan fingerprint density at radius 2 is 2.07 bits per heavy atom. The van der Waals surface area contributed by atoms with Crippen molar-refractivity contribution >= 4 is 23.1 Å². The Kier molecular flexibility index (Phi) is 2.86. The highest BCUT2D eigenvalue weighted by Crippen LogP contribution is 2.35. The molecule has 1 saturated carbocycles. The number of thiophene rings is 1. The first-order valence-electron chi connectivity index (χ1n) is 5.00. The molecule has 3 nitrogen and oxygen atoms in total. The van der Waals surface area contributed by atoms with Gasteiger partial charge in [-0.15, -0.1) is 11.3 Å². The van der Waals surface area contributed by atoms with Crippen LogP contribution in [0.25, 0.3) is 0 Å². The van der Waals surface area contributed by atoms with Crippen LogP contribution in [-0.2, 0) is 4.79 Å². The first-order valence-corrected chi connectivity index (χ1v) is 5.88. The SMILES string of the molecule is O=C(O)C1CCCC1C(=O)c1cccs1. The van der Waals surface area contributed by atoms with Crippen molar-refractivity contribution in [2.24, 2.45) is 11.8 Å². The molecule has 0 bridgehead atoms. The number of carbonyl (C=O) groups is 2. The van der Waals surface area contributed by atoms with Crippen LogP contribution in [0.3, 0.4) is 0 Å². The molecular weight excluding hydrogens is 212 g/mol. The number of ketones is 1. The van der Waals surface area contributed by atoms with E-state index in [4.69, 9.17) is 5.11 Å². The molecule has 1 aromatic heterocycles. The largest absolute Gasteiger partial charge is 0.481 e. The van der Waals surface area contributed by atoms with E-state index in [0.717, 1.165) is 6.42 Å². The normalized spacial score (nSPS) is 25.3. The average Bonchev–Trinajstić information content (AvgIpc) is 2.88. The minimum Gasteiger partial charge on any atom is -0.481 e. The molecule has 0 amide bonds. The van der Waals surface area contributed by atoms with Gasteiger partial charge in [0, 0.05) is 5.92 Å². The lowest BCUT2D eigenvalue weighted by Crippen LogP contribution is -2.24. The van der Waals surface area contributed by atoms with Crippen LogP contribution in [0.15, 0.2) is 17.5 Å². The Hall–Kier alpha value is -1.16. The number of rotatable bonds is 3. The maximum absolute atomic E-state index is 12.0. The molecule has 0 spiro atoms. The lowest BCUT2D eigenvalue weighted by atomic mass is 9.91. The number of carboxylic acids is 1. The summed E-state index contributed by atoms with van der Waals surface area (Å²) in [5, 5.41) is 10.8. The molecule has 80 valence electrons. The van der Waals surface area contributed by atoms with Crippen LogP contribution in [0.4, 0.5) is 0 Å². The summed E-state index contributed by atoms with van der Waals surface area (Å²) in [7, 11) is 0. The molecule has 1 fully saturated rings. The summed E-state index contributed by atoms with van der Waals surface area (Å²) in [5.41, 5.74) is 0. The smallest absolute Gasteiger partial charge is 0.307 e. The molecule has 0 radical (unpaired) electrons. The Labute approximate surface area is 91.7 Å². The zero-order valence-electron chi connectivity index (χ0n) is 8.18. The minimum absolute atomic E-state index is 0.00917. The van der Waals surface area contributed by atoms with Gasteiger partial charge >= 0.3 is 5.97 Å². The van der Waals surface area contributed by atoms with Crippen molar-refractivity contribution in [3.8, 4) is 0 Å². The van der Waals surface area contributed by atoms with Gasteiger partial charge in [-0.1, -0.05) is 12.5 Å². The molecule has 4 heteroatoms. The number of hydrogen-bond donors (Lipinski definition) is 1. The van der Waals surface area contributed by atoms with Crippen molar-refractivity contribution in [3.05, 3.63) is 22.4 Å². The maximum Gasteiger partial charge on any atom is 0.307 e. The fourth-order valence-corrected chi connectivity index (χ4v) is 2.90. The van der Waals surface area contributed by atoms with E-state index in [1.807, 2.05) is 11.4 Å². The number of Topliss-reactive ketones (excluding diaryl/α,β-unsaturated/α-hetero) is 1. The van der Waals surface area contributed by atoms with Gasteiger partial charge in [-0.05, 0) is 24.3 Å². The van der Waals surface area contributed by atoms with E-state index in [2.05, 4.69) is 0 Å². The quantitative estimate of drug-likeness (QED) is 0.802. The summed E-state index contributed by atoms with van der Waals surface area (Å²) < 4.78 is 0. The Morgan fingerprint density at radius 3 is 2.67 bits per heavy atom. The molecule has 2 unspecified atom stereocenters. The Balaban J connectivity index is 2.17. The second-order valence-electron chi connectivity index (χ2n) is 3.82. The summed E-state index contributed by atoms with van der Waals surface area (Å²) >= 11 is 1.39. The van der Waals surface area contributed by atoms with Crippen LogP contribution < -0.4 is 0 Å². The topological polar surface area (TPSA) is 54.4 Å². The highest BCUT2D eigenvalue weighted by molar-refractivity contribution is 7.12. The van der Waals surface area contributed by atoms with Crippen LogP contribution in [0.1, 0.15) is 28.9 Å². The molecule has 15 heavy (non-hydrogen) atoms. The van der Waals surface area contributed by atoms with Crippen molar-refractivity contribution in [2.45, 2.75) is 19.3 Å². The molecular formula is C11H12O3S. The second kappa shape index (κ2) is 4.14. The Morgan fingerprint density at radius 1 is 1.33 bits per heavy atom. The predicted octanol–water partition coefficient (Wildman–Crippen LogP) is 2.43. The molecule has 1 aromatic rings. The molecule has 1 aliphatic carbocycles. The molecule has 1 aliphatic rings. The molecule has 2 atom stereocenters. The van der Waals surface area contributed by atoms with Crippen molar-refractivity contribution in [1.82, 2.24) is 0 Å². The van der Waals surface area contributed by atoms with E-state index in [1.165, 1.54) is 11.3 Å². The van der Waals surface area contributed by atoms with E-state index in [-0.39, 0.29) is 11.7 Å². The van der Waals surface area contributed by atoms with Crippen molar-refractivity contribution < 1.29 is 14.7 Å². The zero-order chi connectivity index (χ0) is 10.8. The van der Waals surface area contributed by atoms with Gasteiger partial charge in [-0.3, -0.25) is 9.59 Å². The van der Waals surface area contributed by atoms with Gasteiger partial charge in [0.2, 0.25) is 0 Å². The van der Waals surface area contributed by atoms with E-state index in [9.17, 15) is 9.59 Å². The first kappa shape index (κ1) is 10.4. The second-order valence-corrected chi connectivity index (χ2v) is 4.77. The lowest BCUT2D eigenvalue weighted by Gasteiger charge is -2.12. The number of carboxylic acid groups (broad SMARTS) is 1. The average molecular weight is 224 g/mol. The van der Waals surface area contributed by atoms with Crippen LogP contribution in [0.5, 0.6) is 0 Å². The third-order valence-corrected chi connectivity index (χ3v) is 3.82. The summed E-state index contributed by atoms with van der Waals surface area (Å²) in [6, 6.07) is 3.59. The molecule has 1 heterocycles. The maximum atomic E-state index is 12.0. The summed E-state index contributed by atoms with van der Waals surface area (Å²) in [5.74, 6) is -1.60. The Bertz CT molecular complexity index is 369. The third kappa shape index (κ3) is 1.95. The fraction of sp³-hybridized carbons (Fsp3) is 0.455. The van der Waals surface area contributed by atoms with E-state index in [1.54, 1.807) is 6.07 Å². The van der Waals surface area contributed by atoms with Gasteiger partial charge < -0.3 is 5.11 Å². The highest BCUT2D eigenvalue weighted by atomic mass is 32.1. The monoisotopic (exact) mass is 224 g/mol. The van der Waals surface area contributed by atoms with Crippen molar-refractivity contribution in [2.75, 3.05) is 0 Å². The zero-order valence-corrected chi connectivity index (χ0v) is 9.00. The molecule has 0 aliphatic heterocycles. The van der Waals surface area contributed by atoms with Crippen LogP contribution in [-0.4, -0.2) is 16.9 Å². The van der Waals surface area contributed by atoms with Gasteiger partial charge in [-0.25, -0.2) is 0 Å². The number of hydrogen-bond acceptors (Lipinski definition) is 3. The molecule has 1 N–H and O–H groups in total. The van der Waals surface area contributed by atoms with Crippen molar-refractivity contribution in [3.63, 3.8) is 0 Å². The third-order valence-electron chi connectivity index (χ3n) is 2.93. The summed E-state index contributed by atoms with van der Waals surface area (Å²) in [6.45, 7) is 0. The van der Waals surface area contributed by atoms with Gasteiger partial charge in [0.05, 0.1) is 10.8 Å². The van der Waals surface area contributed by atoms with E-state index >= 15 is 0 Å². The number of aliphatic carboxylic acids is 1. The van der Waals surface area contributed by atoms with Crippen molar-refractivity contribution in [1.29, 1.82) is 0 Å². The summed E-state index contributed by atoms with van der Waals surface area (Å²) in [4.78, 5) is 23.6. The van der Waals surface area contributed by atoms with Gasteiger partial charge in [0.1, 0.15) is 0 Å². The van der Waals surface area contributed by atoms with Crippen LogP contribution in [0, 0.1) is 11.8 Å². The van der Waals surface area contributed by atoms with Gasteiger partial charge in [0.15, 0.2) is 5.78 Å². The first-order chi connectivity index (χ1) is 7.20. The van der Waals surface area contributed by atoms with Gasteiger partial charge in [-0.2, -0.15) is 0 Å². The lowest BCUT2D eigenvalue weighted by molar-refractivity contribution is -0.142. The standard InChI is InChI=1S/C11H12O3S/c12-10(9-5-2-6-15-9)7-3-1-4-8(7)11(13)14/h2,5-8H,1,3-4H2,(H,13,14). The number of carbonyl (C=O) groups excluding carboxylic acids is 1. The predicted molar refractivity (Wildman–Crippen MR) is 57.1 cm³/mol.